The standard InChI is InChI=1S/C17H22BrFO/c1-15(2)12-7-8-16(3,10-12)17(15,20)9-11-5-4-6-13(19)14(11)18/h4-6,12,20H,7-10H2,1-3H3. The smallest absolute Gasteiger partial charge is 0.137 e. The Balaban J connectivity index is 2.02. The molecule has 3 unspecified atom stereocenters. The molecule has 0 spiro atoms. The molecule has 0 saturated heterocycles. The number of halogens is 2. The normalized spacial score (nSPS) is 38.4. The summed E-state index contributed by atoms with van der Waals surface area (Å²) in [5.74, 6) is 0.321. The number of hydrogen-bond donors (Lipinski definition) is 1. The van der Waals surface area contributed by atoms with Gasteiger partial charge < -0.3 is 5.11 Å². The Kier molecular flexibility index (Phi) is 3.12. The highest BCUT2D eigenvalue weighted by molar-refractivity contribution is 9.10. The Morgan fingerprint density at radius 2 is 2.05 bits per heavy atom. The molecular formula is C17H22BrFO. The van der Waals surface area contributed by atoms with Gasteiger partial charge in [-0.15, -0.1) is 0 Å². The predicted octanol–water partition coefficient (Wildman–Crippen LogP) is 4.71. The van der Waals surface area contributed by atoms with E-state index in [0.717, 1.165) is 18.4 Å². The maximum Gasteiger partial charge on any atom is 0.137 e. The lowest BCUT2D eigenvalue weighted by atomic mass is 9.58. The third kappa shape index (κ3) is 1.69. The van der Waals surface area contributed by atoms with Crippen molar-refractivity contribution in [1.29, 1.82) is 0 Å². The summed E-state index contributed by atoms with van der Waals surface area (Å²) in [4.78, 5) is 0. The molecule has 2 aliphatic rings. The van der Waals surface area contributed by atoms with Crippen molar-refractivity contribution in [2.45, 2.75) is 52.1 Å². The van der Waals surface area contributed by atoms with E-state index in [4.69, 9.17) is 0 Å². The van der Waals surface area contributed by atoms with E-state index in [0.29, 0.717) is 16.8 Å². The van der Waals surface area contributed by atoms with E-state index in [9.17, 15) is 9.50 Å². The van der Waals surface area contributed by atoms with E-state index in [2.05, 4.69) is 36.7 Å². The summed E-state index contributed by atoms with van der Waals surface area (Å²) in [6.07, 6.45) is 3.88. The van der Waals surface area contributed by atoms with Crippen molar-refractivity contribution in [3.63, 3.8) is 0 Å². The molecule has 0 radical (unpaired) electrons. The van der Waals surface area contributed by atoms with E-state index >= 15 is 0 Å². The Morgan fingerprint density at radius 1 is 1.35 bits per heavy atom. The van der Waals surface area contributed by atoms with Gasteiger partial charge >= 0.3 is 0 Å². The molecule has 1 nitrogen and oxygen atoms in total. The Labute approximate surface area is 128 Å². The molecule has 1 aromatic carbocycles. The van der Waals surface area contributed by atoms with Crippen molar-refractivity contribution < 1.29 is 9.50 Å². The summed E-state index contributed by atoms with van der Waals surface area (Å²) in [6.45, 7) is 6.56. The molecule has 3 rings (SSSR count). The zero-order valence-electron chi connectivity index (χ0n) is 12.3. The van der Waals surface area contributed by atoms with Crippen LogP contribution in [0, 0.1) is 22.6 Å². The van der Waals surface area contributed by atoms with Crippen LogP contribution in [-0.4, -0.2) is 10.7 Å². The molecule has 0 aliphatic heterocycles. The molecule has 3 atom stereocenters. The highest BCUT2D eigenvalue weighted by Gasteiger charge is 2.68. The molecule has 0 heterocycles. The number of rotatable bonds is 2. The molecule has 0 aromatic heterocycles. The second-order valence-corrected chi connectivity index (χ2v) is 8.27. The average molecular weight is 341 g/mol. The summed E-state index contributed by atoms with van der Waals surface area (Å²) < 4.78 is 14.2. The SMILES string of the molecule is CC12CCC(C1)C(C)(C)C2(O)Cc1cccc(F)c1Br. The molecule has 1 N–H and O–H groups in total. The quantitative estimate of drug-likeness (QED) is 0.826. The van der Waals surface area contributed by atoms with Crippen LogP contribution in [0.3, 0.4) is 0 Å². The van der Waals surface area contributed by atoms with Crippen molar-refractivity contribution in [2.75, 3.05) is 0 Å². The predicted molar refractivity (Wildman–Crippen MR) is 82.0 cm³/mol. The fourth-order valence-electron chi connectivity index (χ4n) is 4.75. The van der Waals surface area contributed by atoms with Gasteiger partial charge in [-0.3, -0.25) is 0 Å². The number of aliphatic hydroxyl groups is 1. The van der Waals surface area contributed by atoms with Gasteiger partial charge in [0.2, 0.25) is 0 Å². The minimum absolute atomic E-state index is 0.0487. The van der Waals surface area contributed by atoms with Gasteiger partial charge in [0.1, 0.15) is 5.82 Å². The van der Waals surface area contributed by atoms with Gasteiger partial charge in [0.05, 0.1) is 10.1 Å². The first-order valence-corrected chi connectivity index (χ1v) is 8.16. The fraction of sp³-hybridized carbons (Fsp3) is 0.647. The van der Waals surface area contributed by atoms with Crippen molar-refractivity contribution >= 4 is 15.9 Å². The Hall–Kier alpha value is -0.410. The van der Waals surface area contributed by atoms with Crippen molar-refractivity contribution in [3.8, 4) is 0 Å². The van der Waals surface area contributed by atoms with E-state index in [1.165, 1.54) is 12.5 Å². The van der Waals surface area contributed by atoms with Crippen LogP contribution < -0.4 is 0 Å². The molecule has 2 fully saturated rings. The second-order valence-electron chi connectivity index (χ2n) is 7.47. The van der Waals surface area contributed by atoms with Crippen LogP contribution in [0.25, 0.3) is 0 Å². The maximum atomic E-state index is 13.7. The highest BCUT2D eigenvalue weighted by atomic mass is 79.9. The topological polar surface area (TPSA) is 20.2 Å². The lowest BCUT2D eigenvalue weighted by molar-refractivity contribution is -0.142. The van der Waals surface area contributed by atoms with Gasteiger partial charge in [-0.2, -0.15) is 0 Å². The van der Waals surface area contributed by atoms with Crippen LogP contribution in [0.2, 0.25) is 0 Å². The zero-order chi connectivity index (χ0) is 14.8. The van der Waals surface area contributed by atoms with E-state index in [1.807, 2.05) is 6.07 Å². The highest BCUT2D eigenvalue weighted by Crippen LogP contribution is 2.68. The third-order valence-corrected chi connectivity index (χ3v) is 7.19. The van der Waals surface area contributed by atoms with Crippen molar-refractivity contribution in [2.24, 2.45) is 16.7 Å². The van der Waals surface area contributed by atoms with Crippen LogP contribution in [0.4, 0.5) is 4.39 Å². The summed E-state index contributed by atoms with van der Waals surface area (Å²) in [6, 6.07) is 5.09. The zero-order valence-corrected chi connectivity index (χ0v) is 13.9. The molecule has 2 bridgehead atoms. The van der Waals surface area contributed by atoms with Crippen LogP contribution in [-0.2, 0) is 6.42 Å². The van der Waals surface area contributed by atoms with E-state index in [1.54, 1.807) is 6.07 Å². The molecule has 110 valence electrons. The summed E-state index contributed by atoms with van der Waals surface area (Å²) >= 11 is 3.33. The molecular weight excluding hydrogens is 319 g/mol. The van der Waals surface area contributed by atoms with Crippen molar-refractivity contribution in [3.05, 3.63) is 34.1 Å². The molecule has 2 saturated carbocycles. The van der Waals surface area contributed by atoms with Gasteiger partial charge in [0.15, 0.2) is 0 Å². The maximum absolute atomic E-state index is 13.7. The largest absolute Gasteiger partial charge is 0.388 e. The second kappa shape index (κ2) is 4.30. The summed E-state index contributed by atoms with van der Waals surface area (Å²) in [5, 5.41) is 11.5. The number of fused-ring (bicyclic) bond motifs is 2. The Morgan fingerprint density at radius 3 is 2.65 bits per heavy atom. The van der Waals surface area contributed by atoms with Gasteiger partial charge in [-0.05, 0) is 63.6 Å². The number of benzene rings is 1. The lowest BCUT2D eigenvalue weighted by Gasteiger charge is -2.51. The van der Waals surface area contributed by atoms with E-state index in [-0.39, 0.29) is 16.6 Å². The number of hydrogen-bond acceptors (Lipinski definition) is 1. The first kappa shape index (κ1) is 14.5. The van der Waals surface area contributed by atoms with Gasteiger partial charge in [0.25, 0.3) is 0 Å². The summed E-state index contributed by atoms with van der Waals surface area (Å²) in [7, 11) is 0. The molecule has 20 heavy (non-hydrogen) atoms. The van der Waals surface area contributed by atoms with Gasteiger partial charge in [0, 0.05) is 6.42 Å². The Bertz CT molecular complexity index is 549. The van der Waals surface area contributed by atoms with Crippen LogP contribution in [0.1, 0.15) is 45.6 Å². The van der Waals surface area contributed by atoms with E-state index < -0.39 is 5.60 Å². The van der Waals surface area contributed by atoms with Gasteiger partial charge in [-0.1, -0.05) is 32.9 Å². The molecule has 1 aromatic rings. The molecule has 0 amide bonds. The molecule has 2 aliphatic carbocycles. The lowest BCUT2D eigenvalue weighted by Crippen LogP contribution is -2.55. The monoisotopic (exact) mass is 340 g/mol. The van der Waals surface area contributed by atoms with Crippen LogP contribution in [0.5, 0.6) is 0 Å². The van der Waals surface area contributed by atoms with Crippen LogP contribution in [0.15, 0.2) is 22.7 Å². The molecule has 3 heteroatoms. The average Bonchev–Trinajstić information content (AvgIpc) is 2.83. The minimum atomic E-state index is -0.765. The first-order valence-electron chi connectivity index (χ1n) is 7.36. The third-order valence-electron chi connectivity index (χ3n) is 6.30. The van der Waals surface area contributed by atoms with Crippen LogP contribution >= 0.6 is 15.9 Å². The van der Waals surface area contributed by atoms with Gasteiger partial charge in [-0.25, -0.2) is 4.39 Å². The first-order chi connectivity index (χ1) is 9.21. The summed E-state index contributed by atoms with van der Waals surface area (Å²) in [5.41, 5.74) is -0.0629. The van der Waals surface area contributed by atoms with Crippen molar-refractivity contribution in [1.82, 2.24) is 0 Å². The minimum Gasteiger partial charge on any atom is -0.388 e. The fourth-order valence-corrected chi connectivity index (χ4v) is 5.15.